The van der Waals surface area contributed by atoms with Gasteiger partial charge in [0, 0.05) is 30.2 Å². The second kappa shape index (κ2) is 11.2. The lowest BCUT2D eigenvalue weighted by Crippen LogP contribution is -2.38. The molecular formula is C36H34N4O3. The summed E-state index contributed by atoms with van der Waals surface area (Å²) in [4.78, 5) is 17.2. The maximum Gasteiger partial charge on any atom is 0.337 e. The molecule has 7 heteroatoms. The highest BCUT2D eigenvalue weighted by atomic mass is 16.5. The normalized spacial score (nSPS) is 11.9. The number of nitrogens with zero attached hydrogens (tertiary/aromatic N) is 4. The van der Waals surface area contributed by atoms with E-state index >= 15 is 0 Å². The Hall–Kier alpha value is -5.17. The van der Waals surface area contributed by atoms with E-state index in [1.165, 1.54) is 0 Å². The Bertz CT molecular complexity index is 1780. The Morgan fingerprint density at radius 1 is 0.791 bits per heavy atom. The van der Waals surface area contributed by atoms with Crippen molar-refractivity contribution >= 4 is 16.9 Å². The van der Waals surface area contributed by atoms with Crippen molar-refractivity contribution in [3.05, 3.63) is 138 Å². The molecule has 6 aromatic rings. The SMILES string of the molecule is CC(C)Oc1nccc2c1c(-c1cn(C(C)C)cc1C(=O)O)nn2C(c1ccccc1)(c1ccccc1)c1ccccc1. The molecule has 6 rings (SSSR count). The number of carboxylic acids is 1. The maximum absolute atomic E-state index is 12.6. The summed E-state index contributed by atoms with van der Waals surface area (Å²) < 4.78 is 10.2. The summed E-state index contributed by atoms with van der Waals surface area (Å²) in [7, 11) is 0. The number of pyridine rings is 1. The first-order valence-corrected chi connectivity index (χ1v) is 14.5. The summed E-state index contributed by atoms with van der Waals surface area (Å²) >= 11 is 0. The third-order valence-electron chi connectivity index (χ3n) is 7.73. The van der Waals surface area contributed by atoms with Crippen molar-refractivity contribution in [3.63, 3.8) is 0 Å². The summed E-state index contributed by atoms with van der Waals surface area (Å²) in [6.07, 6.45) is 5.11. The fourth-order valence-electron chi connectivity index (χ4n) is 5.83. The van der Waals surface area contributed by atoms with Crippen molar-refractivity contribution in [1.82, 2.24) is 19.3 Å². The van der Waals surface area contributed by atoms with Crippen LogP contribution in [0.15, 0.2) is 116 Å². The lowest BCUT2D eigenvalue weighted by Gasteiger charge is -2.37. The van der Waals surface area contributed by atoms with E-state index in [2.05, 4.69) is 41.4 Å². The molecule has 0 radical (unpaired) electrons. The van der Waals surface area contributed by atoms with Crippen molar-refractivity contribution < 1.29 is 14.6 Å². The molecule has 216 valence electrons. The number of fused-ring (bicyclic) bond motifs is 1. The van der Waals surface area contributed by atoms with Crippen molar-refractivity contribution in [2.24, 2.45) is 0 Å². The van der Waals surface area contributed by atoms with Crippen molar-refractivity contribution in [2.45, 2.75) is 45.4 Å². The van der Waals surface area contributed by atoms with Gasteiger partial charge in [-0.2, -0.15) is 5.10 Å². The van der Waals surface area contributed by atoms with Crippen LogP contribution in [0.25, 0.3) is 22.2 Å². The largest absolute Gasteiger partial charge is 0.478 e. The zero-order valence-corrected chi connectivity index (χ0v) is 24.7. The number of ether oxygens (including phenoxy) is 1. The number of benzene rings is 3. The van der Waals surface area contributed by atoms with E-state index < -0.39 is 11.5 Å². The molecule has 0 aliphatic rings. The van der Waals surface area contributed by atoms with Gasteiger partial charge in [0.15, 0.2) is 0 Å². The standard InChI is InChI=1S/C36H34N4O3/c1-24(2)39-22-29(30(23-39)35(41)42)33-32-31(20-21-37-34(32)43-25(3)4)40(38-33)36(26-14-8-5-9-15-26,27-16-10-6-11-17-27)28-18-12-7-13-19-28/h5-25H,1-4H3,(H,41,42). The van der Waals surface area contributed by atoms with Gasteiger partial charge in [0.1, 0.15) is 11.2 Å². The monoisotopic (exact) mass is 570 g/mol. The second-order valence-electron chi connectivity index (χ2n) is 11.2. The molecule has 0 saturated carbocycles. The average molecular weight is 571 g/mol. The fraction of sp³-hybridized carbons (Fsp3) is 0.194. The van der Waals surface area contributed by atoms with Crippen LogP contribution < -0.4 is 4.74 Å². The van der Waals surface area contributed by atoms with Crippen LogP contribution in [0.5, 0.6) is 5.88 Å². The zero-order valence-electron chi connectivity index (χ0n) is 24.7. The molecule has 7 nitrogen and oxygen atoms in total. The van der Waals surface area contributed by atoms with Gasteiger partial charge in [-0.15, -0.1) is 0 Å². The molecular weight excluding hydrogens is 536 g/mol. The minimum atomic E-state index is -1.02. The molecule has 3 heterocycles. The Labute approximate surface area is 251 Å². The molecule has 0 unspecified atom stereocenters. The van der Waals surface area contributed by atoms with Crippen LogP contribution >= 0.6 is 0 Å². The van der Waals surface area contributed by atoms with E-state index in [0.29, 0.717) is 22.5 Å². The van der Waals surface area contributed by atoms with Crippen LogP contribution in [-0.4, -0.2) is 36.5 Å². The van der Waals surface area contributed by atoms with Crippen LogP contribution in [-0.2, 0) is 5.54 Å². The zero-order chi connectivity index (χ0) is 30.1. The number of aromatic carboxylic acids is 1. The van der Waals surface area contributed by atoms with Crippen LogP contribution in [0.1, 0.15) is 60.8 Å². The molecule has 0 saturated heterocycles. The topological polar surface area (TPSA) is 82.2 Å². The van der Waals surface area contributed by atoms with E-state index in [-0.39, 0.29) is 17.7 Å². The van der Waals surface area contributed by atoms with Crippen molar-refractivity contribution in [1.29, 1.82) is 0 Å². The number of hydrogen-bond donors (Lipinski definition) is 1. The van der Waals surface area contributed by atoms with Crippen LogP contribution in [0.2, 0.25) is 0 Å². The van der Waals surface area contributed by atoms with Crippen molar-refractivity contribution in [3.8, 4) is 17.1 Å². The molecule has 3 aromatic heterocycles. The summed E-state index contributed by atoms with van der Waals surface area (Å²) in [5.74, 6) is -0.613. The number of carbonyl (C=O) groups is 1. The van der Waals surface area contributed by atoms with Gasteiger partial charge < -0.3 is 14.4 Å². The highest BCUT2D eigenvalue weighted by Crippen LogP contribution is 2.45. The molecule has 0 fully saturated rings. The van der Waals surface area contributed by atoms with E-state index in [0.717, 1.165) is 22.2 Å². The van der Waals surface area contributed by atoms with E-state index in [9.17, 15) is 9.90 Å². The summed E-state index contributed by atoms with van der Waals surface area (Å²) in [5, 5.41) is 16.3. The van der Waals surface area contributed by atoms with E-state index in [4.69, 9.17) is 9.84 Å². The molecule has 3 aromatic carbocycles. The maximum atomic E-state index is 12.6. The number of carboxylic acid groups (broad SMARTS) is 1. The van der Waals surface area contributed by atoms with Gasteiger partial charge in [-0.1, -0.05) is 91.0 Å². The molecule has 0 spiro atoms. The van der Waals surface area contributed by atoms with Crippen LogP contribution in [0.4, 0.5) is 0 Å². The third-order valence-corrected chi connectivity index (χ3v) is 7.73. The first-order chi connectivity index (χ1) is 20.8. The first-order valence-electron chi connectivity index (χ1n) is 14.5. The summed E-state index contributed by atoms with van der Waals surface area (Å²) in [6, 6.07) is 32.8. The highest BCUT2D eigenvalue weighted by molar-refractivity contribution is 6.03. The Morgan fingerprint density at radius 2 is 1.33 bits per heavy atom. The van der Waals surface area contributed by atoms with Gasteiger partial charge in [-0.05, 0) is 50.5 Å². The van der Waals surface area contributed by atoms with Gasteiger partial charge >= 0.3 is 5.97 Å². The summed E-state index contributed by atoms with van der Waals surface area (Å²) in [5.41, 5.74) is 4.05. The predicted molar refractivity (Wildman–Crippen MR) is 169 cm³/mol. The van der Waals surface area contributed by atoms with Crippen LogP contribution in [0.3, 0.4) is 0 Å². The van der Waals surface area contributed by atoms with E-state index in [1.807, 2.05) is 104 Å². The molecule has 43 heavy (non-hydrogen) atoms. The molecule has 0 amide bonds. The minimum Gasteiger partial charge on any atom is -0.478 e. The molecule has 1 N–H and O–H groups in total. The Balaban J connectivity index is 1.81. The molecule has 0 bridgehead atoms. The van der Waals surface area contributed by atoms with Gasteiger partial charge in [0.05, 0.1) is 22.6 Å². The van der Waals surface area contributed by atoms with Gasteiger partial charge in [-0.3, -0.25) is 0 Å². The number of aromatic nitrogens is 4. The highest BCUT2D eigenvalue weighted by Gasteiger charge is 2.42. The summed E-state index contributed by atoms with van der Waals surface area (Å²) in [6.45, 7) is 7.94. The molecule has 0 atom stereocenters. The van der Waals surface area contributed by atoms with Gasteiger partial charge in [0.2, 0.25) is 5.88 Å². The smallest absolute Gasteiger partial charge is 0.337 e. The van der Waals surface area contributed by atoms with Gasteiger partial charge in [-0.25, -0.2) is 14.5 Å². The molecule has 0 aliphatic heterocycles. The Kier molecular flexibility index (Phi) is 7.32. The first kappa shape index (κ1) is 28.0. The quantitative estimate of drug-likeness (QED) is 0.179. The van der Waals surface area contributed by atoms with Crippen molar-refractivity contribution in [2.75, 3.05) is 0 Å². The lowest BCUT2D eigenvalue weighted by molar-refractivity contribution is 0.0697. The predicted octanol–water partition coefficient (Wildman–Crippen LogP) is 7.81. The number of rotatable bonds is 9. The average Bonchev–Trinajstić information content (AvgIpc) is 3.63. The third kappa shape index (κ3) is 4.77. The van der Waals surface area contributed by atoms with Gasteiger partial charge in [0.25, 0.3) is 0 Å². The minimum absolute atomic E-state index is 0.0572. The Morgan fingerprint density at radius 3 is 1.79 bits per heavy atom. The number of hydrogen-bond acceptors (Lipinski definition) is 4. The van der Waals surface area contributed by atoms with E-state index in [1.54, 1.807) is 12.4 Å². The van der Waals surface area contributed by atoms with Crippen LogP contribution in [0, 0.1) is 0 Å². The second-order valence-corrected chi connectivity index (χ2v) is 11.2. The fourth-order valence-corrected chi connectivity index (χ4v) is 5.83. The lowest BCUT2D eigenvalue weighted by atomic mass is 9.77. The molecule has 0 aliphatic carbocycles.